The van der Waals surface area contributed by atoms with Gasteiger partial charge in [-0.05, 0) is 29.3 Å². The first-order valence-corrected chi connectivity index (χ1v) is 8.22. The van der Waals surface area contributed by atoms with E-state index in [0.717, 1.165) is 17.8 Å². The van der Waals surface area contributed by atoms with Gasteiger partial charge in [-0.2, -0.15) is 0 Å². The average Bonchev–Trinajstić information content (AvgIpc) is 2.62. The number of carbonyl (C=O) groups is 2. The van der Waals surface area contributed by atoms with Gasteiger partial charge in [0.25, 0.3) is 0 Å². The lowest BCUT2D eigenvalue weighted by molar-refractivity contribution is -0.121. The molecule has 1 aliphatic rings. The van der Waals surface area contributed by atoms with E-state index in [1.54, 1.807) is 18.2 Å². The maximum absolute atomic E-state index is 13.5. The SMILES string of the molecule is O=C(Cc1ccccc1F)NCc1ccc(N2CCNC(=O)C2)cc1. The fourth-order valence-electron chi connectivity index (χ4n) is 2.76. The summed E-state index contributed by atoms with van der Waals surface area (Å²) in [6.07, 6.45) is 0.0215. The van der Waals surface area contributed by atoms with Crippen LogP contribution >= 0.6 is 0 Å². The molecule has 1 fully saturated rings. The van der Waals surface area contributed by atoms with Crippen LogP contribution in [0.4, 0.5) is 10.1 Å². The number of halogens is 1. The third-order valence-electron chi connectivity index (χ3n) is 4.14. The van der Waals surface area contributed by atoms with Crippen LogP contribution in [0.2, 0.25) is 0 Å². The lowest BCUT2D eigenvalue weighted by Crippen LogP contribution is -2.47. The van der Waals surface area contributed by atoms with Gasteiger partial charge in [-0.1, -0.05) is 30.3 Å². The molecular weight excluding hydrogens is 321 g/mol. The largest absolute Gasteiger partial charge is 0.360 e. The molecule has 0 aliphatic carbocycles. The number of nitrogens with one attached hydrogen (secondary N) is 2. The number of rotatable bonds is 5. The second-order valence-electron chi connectivity index (χ2n) is 5.98. The van der Waals surface area contributed by atoms with Gasteiger partial charge in [-0.15, -0.1) is 0 Å². The van der Waals surface area contributed by atoms with Crippen LogP contribution in [0.25, 0.3) is 0 Å². The highest BCUT2D eigenvalue weighted by Gasteiger charge is 2.16. The van der Waals surface area contributed by atoms with Crippen LogP contribution in [0.1, 0.15) is 11.1 Å². The Morgan fingerprint density at radius 3 is 2.64 bits per heavy atom. The standard InChI is InChI=1S/C19H20FN3O2/c20-17-4-2-1-3-15(17)11-18(24)22-12-14-5-7-16(8-6-14)23-10-9-21-19(25)13-23/h1-8H,9-13H2,(H,21,25)(H,22,24). The van der Waals surface area contributed by atoms with E-state index in [-0.39, 0.29) is 24.1 Å². The molecule has 2 amide bonds. The molecule has 2 aromatic rings. The Hall–Kier alpha value is -2.89. The van der Waals surface area contributed by atoms with E-state index in [2.05, 4.69) is 10.6 Å². The van der Waals surface area contributed by atoms with Gasteiger partial charge >= 0.3 is 0 Å². The second-order valence-corrected chi connectivity index (χ2v) is 5.98. The highest BCUT2D eigenvalue weighted by Crippen LogP contribution is 2.16. The fraction of sp³-hybridized carbons (Fsp3) is 0.263. The molecule has 0 saturated carbocycles. The molecule has 1 heterocycles. The monoisotopic (exact) mass is 341 g/mol. The summed E-state index contributed by atoms with van der Waals surface area (Å²) in [5.41, 5.74) is 2.32. The Morgan fingerprint density at radius 2 is 1.92 bits per heavy atom. The van der Waals surface area contributed by atoms with Gasteiger partial charge in [0, 0.05) is 25.3 Å². The first kappa shape index (κ1) is 17.0. The summed E-state index contributed by atoms with van der Waals surface area (Å²) in [7, 11) is 0. The third-order valence-corrected chi connectivity index (χ3v) is 4.14. The number of anilines is 1. The molecule has 2 N–H and O–H groups in total. The lowest BCUT2D eigenvalue weighted by atomic mass is 10.1. The summed E-state index contributed by atoms with van der Waals surface area (Å²) in [5, 5.41) is 5.59. The predicted molar refractivity (Wildman–Crippen MR) is 93.6 cm³/mol. The van der Waals surface area contributed by atoms with E-state index in [4.69, 9.17) is 0 Å². The van der Waals surface area contributed by atoms with Crippen molar-refractivity contribution in [3.8, 4) is 0 Å². The van der Waals surface area contributed by atoms with Crippen LogP contribution in [-0.2, 0) is 22.6 Å². The van der Waals surface area contributed by atoms with Crippen molar-refractivity contribution in [1.29, 1.82) is 0 Å². The van der Waals surface area contributed by atoms with Gasteiger partial charge in [0.1, 0.15) is 5.82 Å². The van der Waals surface area contributed by atoms with E-state index in [1.807, 2.05) is 29.2 Å². The zero-order chi connectivity index (χ0) is 17.6. The quantitative estimate of drug-likeness (QED) is 0.869. The molecule has 6 heteroatoms. The molecule has 0 aromatic heterocycles. The predicted octanol–water partition coefficient (Wildman–Crippen LogP) is 1.62. The van der Waals surface area contributed by atoms with Crippen molar-refractivity contribution in [2.24, 2.45) is 0 Å². The van der Waals surface area contributed by atoms with Gasteiger partial charge in [-0.25, -0.2) is 4.39 Å². The summed E-state index contributed by atoms with van der Waals surface area (Å²) in [4.78, 5) is 25.4. The summed E-state index contributed by atoms with van der Waals surface area (Å²) in [6.45, 7) is 2.17. The zero-order valence-electron chi connectivity index (χ0n) is 13.8. The minimum absolute atomic E-state index is 0.0215. The minimum Gasteiger partial charge on any atom is -0.360 e. The van der Waals surface area contributed by atoms with Gasteiger partial charge in [0.05, 0.1) is 13.0 Å². The molecule has 0 spiro atoms. The van der Waals surface area contributed by atoms with E-state index in [0.29, 0.717) is 25.2 Å². The maximum Gasteiger partial charge on any atom is 0.239 e. The summed E-state index contributed by atoms with van der Waals surface area (Å²) in [5.74, 6) is -0.565. The van der Waals surface area contributed by atoms with Crippen LogP contribution in [0.15, 0.2) is 48.5 Å². The Labute approximate surface area is 145 Å². The molecule has 1 aliphatic heterocycles. The van der Waals surface area contributed by atoms with Crippen LogP contribution in [-0.4, -0.2) is 31.4 Å². The van der Waals surface area contributed by atoms with Gasteiger partial charge < -0.3 is 15.5 Å². The Morgan fingerprint density at radius 1 is 1.16 bits per heavy atom. The molecule has 5 nitrogen and oxygen atoms in total. The minimum atomic E-state index is -0.368. The summed E-state index contributed by atoms with van der Waals surface area (Å²) in [6, 6.07) is 14.0. The lowest BCUT2D eigenvalue weighted by Gasteiger charge is -2.28. The molecule has 0 unspecified atom stereocenters. The number of amides is 2. The second kappa shape index (κ2) is 7.79. The van der Waals surface area contributed by atoms with Crippen molar-refractivity contribution in [3.63, 3.8) is 0 Å². The number of benzene rings is 2. The zero-order valence-corrected chi connectivity index (χ0v) is 13.8. The first-order valence-electron chi connectivity index (χ1n) is 8.22. The summed E-state index contributed by atoms with van der Waals surface area (Å²) >= 11 is 0. The van der Waals surface area contributed by atoms with Crippen molar-refractivity contribution < 1.29 is 14.0 Å². The molecule has 0 radical (unpaired) electrons. The van der Waals surface area contributed by atoms with Crippen LogP contribution in [0.3, 0.4) is 0 Å². The molecule has 2 aromatic carbocycles. The molecule has 0 atom stereocenters. The Balaban J connectivity index is 1.52. The van der Waals surface area contributed by atoms with Crippen molar-refractivity contribution in [2.75, 3.05) is 24.5 Å². The van der Waals surface area contributed by atoms with E-state index < -0.39 is 0 Å². The highest BCUT2D eigenvalue weighted by molar-refractivity contribution is 5.82. The van der Waals surface area contributed by atoms with Crippen molar-refractivity contribution >= 4 is 17.5 Å². The highest BCUT2D eigenvalue weighted by atomic mass is 19.1. The van der Waals surface area contributed by atoms with Crippen LogP contribution in [0.5, 0.6) is 0 Å². The van der Waals surface area contributed by atoms with Crippen LogP contribution < -0.4 is 15.5 Å². The smallest absolute Gasteiger partial charge is 0.239 e. The molecule has 25 heavy (non-hydrogen) atoms. The number of hydrogen-bond donors (Lipinski definition) is 2. The van der Waals surface area contributed by atoms with Gasteiger partial charge in [0.2, 0.25) is 11.8 Å². The van der Waals surface area contributed by atoms with Crippen LogP contribution in [0, 0.1) is 5.82 Å². The third kappa shape index (κ3) is 4.56. The normalized spacial score (nSPS) is 14.1. The molecule has 3 rings (SSSR count). The van der Waals surface area contributed by atoms with E-state index in [1.165, 1.54) is 6.07 Å². The number of piperazine rings is 1. The molecule has 1 saturated heterocycles. The molecule has 130 valence electrons. The molecule has 0 bridgehead atoms. The number of nitrogens with zero attached hydrogens (tertiary/aromatic N) is 1. The number of hydrogen-bond acceptors (Lipinski definition) is 3. The van der Waals surface area contributed by atoms with Crippen molar-refractivity contribution in [1.82, 2.24) is 10.6 Å². The fourth-order valence-corrected chi connectivity index (χ4v) is 2.76. The van der Waals surface area contributed by atoms with E-state index >= 15 is 0 Å². The Bertz CT molecular complexity index is 762. The summed E-state index contributed by atoms with van der Waals surface area (Å²) < 4.78 is 13.5. The first-order chi connectivity index (χ1) is 12.1. The average molecular weight is 341 g/mol. The molecular formula is C19H20FN3O2. The van der Waals surface area contributed by atoms with Gasteiger partial charge in [-0.3, -0.25) is 9.59 Å². The Kier molecular flexibility index (Phi) is 5.28. The number of carbonyl (C=O) groups excluding carboxylic acids is 2. The maximum atomic E-state index is 13.5. The van der Waals surface area contributed by atoms with Crippen molar-refractivity contribution in [2.45, 2.75) is 13.0 Å². The topological polar surface area (TPSA) is 61.4 Å². The van der Waals surface area contributed by atoms with Gasteiger partial charge in [0.15, 0.2) is 0 Å². The van der Waals surface area contributed by atoms with E-state index in [9.17, 15) is 14.0 Å². The van der Waals surface area contributed by atoms with Crippen molar-refractivity contribution in [3.05, 3.63) is 65.5 Å².